The van der Waals surface area contributed by atoms with Crippen LogP contribution < -0.4 is 0 Å². The Morgan fingerprint density at radius 3 is 2.11 bits per heavy atom. The van der Waals surface area contributed by atoms with E-state index in [2.05, 4.69) is 20.1 Å². The number of hydrogen-bond donors (Lipinski definition) is 0. The number of fused-ring (bicyclic) bond motifs is 2. The molecular weight excluding hydrogens is 340 g/mol. The second kappa shape index (κ2) is 10.1. The first-order valence-electron chi connectivity index (χ1n) is 10.5. The fourth-order valence-electron chi connectivity index (χ4n) is 5.33. The van der Waals surface area contributed by atoms with Crippen molar-refractivity contribution in [2.24, 2.45) is 29.6 Å². The molecule has 2 aliphatic rings. The number of ether oxygens (including phenoxy) is 2. The molecule has 2 fully saturated rings. The smallest absolute Gasteiger partial charge is 0.333 e. The lowest BCUT2D eigenvalue weighted by Crippen LogP contribution is -2.29. The van der Waals surface area contributed by atoms with E-state index in [0.29, 0.717) is 30.3 Å². The SMILES string of the molecule is C=C(C)C(=O)OCCCCC1C2CC(CCOC(=O)C(=C)C)C(C2)C1CC. The largest absolute Gasteiger partial charge is 0.462 e. The van der Waals surface area contributed by atoms with Crippen molar-refractivity contribution < 1.29 is 19.1 Å². The Balaban J connectivity index is 1.71. The summed E-state index contributed by atoms with van der Waals surface area (Å²) in [6.45, 7) is 13.9. The Morgan fingerprint density at radius 1 is 0.889 bits per heavy atom. The number of hydrogen-bond acceptors (Lipinski definition) is 4. The monoisotopic (exact) mass is 376 g/mol. The molecule has 5 atom stereocenters. The lowest BCUT2D eigenvalue weighted by atomic mass is 9.70. The van der Waals surface area contributed by atoms with E-state index in [1.54, 1.807) is 13.8 Å². The highest BCUT2D eigenvalue weighted by Gasteiger charge is 2.50. The van der Waals surface area contributed by atoms with Crippen molar-refractivity contribution in [3.8, 4) is 0 Å². The molecule has 27 heavy (non-hydrogen) atoms. The van der Waals surface area contributed by atoms with Crippen molar-refractivity contribution in [3.63, 3.8) is 0 Å². The van der Waals surface area contributed by atoms with Crippen molar-refractivity contribution in [2.75, 3.05) is 13.2 Å². The summed E-state index contributed by atoms with van der Waals surface area (Å²) >= 11 is 0. The summed E-state index contributed by atoms with van der Waals surface area (Å²) in [6.07, 6.45) is 8.13. The summed E-state index contributed by atoms with van der Waals surface area (Å²) in [5.74, 6) is 3.36. The maximum Gasteiger partial charge on any atom is 0.333 e. The topological polar surface area (TPSA) is 52.6 Å². The molecule has 0 saturated heterocycles. The Labute approximate surface area is 164 Å². The number of carbonyl (C=O) groups is 2. The molecular formula is C23H36O4. The van der Waals surface area contributed by atoms with Gasteiger partial charge in [-0.05, 0) is 82.0 Å². The second-order valence-corrected chi connectivity index (χ2v) is 8.51. The molecule has 5 unspecified atom stereocenters. The Kier molecular flexibility index (Phi) is 8.12. The van der Waals surface area contributed by atoms with Crippen LogP contribution in [-0.2, 0) is 19.1 Å². The van der Waals surface area contributed by atoms with Gasteiger partial charge < -0.3 is 9.47 Å². The van der Waals surface area contributed by atoms with Gasteiger partial charge in [-0.1, -0.05) is 26.5 Å². The van der Waals surface area contributed by atoms with E-state index < -0.39 is 0 Å². The second-order valence-electron chi connectivity index (χ2n) is 8.51. The van der Waals surface area contributed by atoms with Crippen LogP contribution in [0.2, 0.25) is 0 Å². The van der Waals surface area contributed by atoms with Crippen molar-refractivity contribution in [1.29, 1.82) is 0 Å². The third-order valence-corrected chi connectivity index (χ3v) is 6.55. The number of unbranched alkanes of at least 4 members (excludes halogenated alkanes) is 1. The highest BCUT2D eigenvalue weighted by atomic mass is 16.5. The molecule has 0 N–H and O–H groups in total. The van der Waals surface area contributed by atoms with Crippen LogP contribution in [0.25, 0.3) is 0 Å². The zero-order valence-electron chi connectivity index (χ0n) is 17.3. The van der Waals surface area contributed by atoms with Crippen LogP contribution in [0.1, 0.15) is 65.7 Å². The minimum Gasteiger partial charge on any atom is -0.462 e. The van der Waals surface area contributed by atoms with Crippen LogP contribution in [0.5, 0.6) is 0 Å². The molecule has 152 valence electrons. The zero-order chi connectivity index (χ0) is 20.0. The summed E-state index contributed by atoms with van der Waals surface area (Å²) in [5.41, 5.74) is 0.942. The summed E-state index contributed by atoms with van der Waals surface area (Å²) in [5, 5.41) is 0. The van der Waals surface area contributed by atoms with Gasteiger partial charge in [0.05, 0.1) is 13.2 Å². The van der Waals surface area contributed by atoms with Gasteiger partial charge in [0.25, 0.3) is 0 Å². The van der Waals surface area contributed by atoms with E-state index in [1.165, 1.54) is 25.7 Å². The quantitative estimate of drug-likeness (QED) is 0.286. The van der Waals surface area contributed by atoms with E-state index in [0.717, 1.165) is 42.9 Å². The predicted octanol–water partition coefficient (Wildman–Crippen LogP) is 5.08. The standard InChI is InChI=1S/C23H36O4/c1-6-19-20(9-7-8-11-26-22(24)15(2)3)18-13-17(21(19)14-18)10-12-27-23(25)16(4)5/h17-21H,2,4,6-14H2,1,3,5H3. The average molecular weight is 377 g/mol. The van der Waals surface area contributed by atoms with Crippen LogP contribution in [0.3, 0.4) is 0 Å². The molecule has 2 bridgehead atoms. The molecule has 0 aromatic rings. The Bertz CT molecular complexity index is 565. The van der Waals surface area contributed by atoms with Crippen LogP contribution in [0.4, 0.5) is 0 Å². The van der Waals surface area contributed by atoms with Gasteiger partial charge in [-0.25, -0.2) is 9.59 Å². The van der Waals surface area contributed by atoms with Crippen LogP contribution in [0.15, 0.2) is 24.3 Å². The van der Waals surface area contributed by atoms with Crippen molar-refractivity contribution in [3.05, 3.63) is 24.3 Å². The molecule has 0 spiro atoms. The minimum absolute atomic E-state index is 0.268. The van der Waals surface area contributed by atoms with E-state index in [1.807, 2.05) is 0 Å². The molecule has 0 radical (unpaired) electrons. The predicted molar refractivity (Wildman–Crippen MR) is 107 cm³/mol. The van der Waals surface area contributed by atoms with Crippen molar-refractivity contribution in [2.45, 2.75) is 65.7 Å². The number of rotatable bonds is 11. The van der Waals surface area contributed by atoms with Crippen LogP contribution >= 0.6 is 0 Å². The summed E-state index contributed by atoms with van der Waals surface area (Å²) < 4.78 is 10.5. The summed E-state index contributed by atoms with van der Waals surface area (Å²) in [4.78, 5) is 23.0. The molecule has 0 aromatic heterocycles. The number of esters is 2. The average Bonchev–Trinajstić information content (AvgIpc) is 3.18. The van der Waals surface area contributed by atoms with E-state index in [-0.39, 0.29) is 11.9 Å². The molecule has 0 aromatic carbocycles. The first-order valence-corrected chi connectivity index (χ1v) is 10.5. The molecule has 4 nitrogen and oxygen atoms in total. The van der Waals surface area contributed by atoms with Gasteiger partial charge in [0.2, 0.25) is 0 Å². The van der Waals surface area contributed by atoms with Crippen molar-refractivity contribution >= 4 is 11.9 Å². The van der Waals surface area contributed by atoms with Gasteiger partial charge >= 0.3 is 11.9 Å². The molecule has 2 rings (SSSR count). The van der Waals surface area contributed by atoms with Gasteiger partial charge in [0.1, 0.15) is 0 Å². The van der Waals surface area contributed by atoms with Gasteiger partial charge in [-0.2, -0.15) is 0 Å². The Morgan fingerprint density at radius 2 is 1.52 bits per heavy atom. The third kappa shape index (κ3) is 5.70. The molecule has 4 heteroatoms. The minimum atomic E-state index is -0.281. The highest BCUT2D eigenvalue weighted by molar-refractivity contribution is 5.87. The Hall–Kier alpha value is -1.58. The maximum absolute atomic E-state index is 11.5. The third-order valence-electron chi connectivity index (χ3n) is 6.55. The van der Waals surface area contributed by atoms with Gasteiger partial charge in [0, 0.05) is 11.1 Å². The van der Waals surface area contributed by atoms with E-state index in [4.69, 9.17) is 9.47 Å². The first kappa shape index (κ1) is 21.7. The molecule has 2 saturated carbocycles. The molecule has 0 heterocycles. The summed E-state index contributed by atoms with van der Waals surface area (Å²) in [7, 11) is 0. The lowest BCUT2D eigenvalue weighted by molar-refractivity contribution is -0.140. The normalized spacial score (nSPS) is 28.8. The van der Waals surface area contributed by atoms with Crippen LogP contribution in [0, 0.1) is 29.6 Å². The van der Waals surface area contributed by atoms with Gasteiger partial charge in [-0.15, -0.1) is 0 Å². The zero-order valence-corrected chi connectivity index (χ0v) is 17.3. The van der Waals surface area contributed by atoms with Crippen molar-refractivity contribution in [1.82, 2.24) is 0 Å². The fourth-order valence-corrected chi connectivity index (χ4v) is 5.33. The molecule has 2 aliphatic carbocycles. The number of carbonyl (C=O) groups excluding carboxylic acids is 2. The maximum atomic E-state index is 11.5. The fraction of sp³-hybridized carbons (Fsp3) is 0.739. The van der Waals surface area contributed by atoms with Gasteiger partial charge in [-0.3, -0.25) is 0 Å². The lowest BCUT2D eigenvalue weighted by Gasteiger charge is -2.35. The van der Waals surface area contributed by atoms with Crippen LogP contribution in [-0.4, -0.2) is 25.2 Å². The van der Waals surface area contributed by atoms with Gasteiger partial charge in [0.15, 0.2) is 0 Å². The van der Waals surface area contributed by atoms with E-state index in [9.17, 15) is 9.59 Å². The first-order chi connectivity index (χ1) is 12.8. The molecule has 0 amide bonds. The van der Waals surface area contributed by atoms with E-state index >= 15 is 0 Å². The molecule has 0 aliphatic heterocycles. The summed E-state index contributed by atoms with van der Waals surface area (Å²) in [6, 6.07) is 0. The highest BCUT2D eigenvalue weighted by Crippen LogP contribution is 2.58.